The van der Waals surface area contributed by atoms with Crippen molar-refractivity contribution in [2.24, 2.45) is 5.10 Å². The quantitative estimate of drug-likeness (QED) is 0.182. The lowest BCUT2D eigenvalue weighted by atomic mass is 10.1. The molecule has 0 atom stereocenters. The van der Waals surface area contributed by atoms with Crippen LogP contribution in [-0.2, 0) is 4.79 Å². The molecule has 2 N–H and O–H groups in total. The van der Waals surface area contributed by atoms with E-state index >= 15 is 0 Å². The van der Waals surface area contributed by atoms with E-state index < -0.39 is 22.5 Å². The lowest BCUT2D eigenvalue weighted by Crippen LogP contribution is -2.33. The molecule has 9 heteroatoms. The van der Waals surface area contributed by atoms with Gasteiger partial charge < -0.3 is 5.32 Å². The monoisotopic (exact) mass is 442 g/mol. The van der Waals surface area contributed by atoms with Crippen LogP contribution in [0.2, 0.25) is 0 Å². The molecule has 0 fully saturated rings. The molecule has 0 aliphatic heterocycles. The summed E-state index contributed by atoms with van der Waals surface area (Å²) in [5.74, 6) is -1.73. The molecule has 0 radical (unpaired) electrons. The van der Waals surface area contributed by atoms with E-state index in [9.17, 15) is 24.5 Å². The summed E-state index contributed by atoms with van der Waals surface area (Å²) in [5.41, 5.74) is 3.08. The van der Waals surface area contributed by atoms with Crippen LogP contribution in [0.25, 0.3) is 6.08 Å². The number of rotatable bonds is 8. The van der Waals surface area contributed by atoms with Crippen molar-refractivity contribution in [2.45, 2.75) is 0 Å². The summed E-state index contributed by atoms with van der Waals surface area (Å²) >= 11 is 0. The van der Waals surface area contributed by atoms with Crippen LogP contribution in [0.15, 0.2) is 95.7 Å². The standard InChI is InChI=1S/C24H18N4O5/c29-22(18-7-3-1-4-8-18)16-25-27-24(31)21(26-23(30)19-9-5-2-6-10-19)15-17-11-13-20(14-12-17)28(32)33/h1-16H,(H,26,30)(H,27,31)/b21-15-,25-16+. The molecule has 0 aliphatic carbocycles. The third-order valence-corrected chi connectivity index (χ3v) is 4.35. The van der Waals surface area contributed by atoms with Gasteiger partial charge in [0.25, 0.3) is 17.5 Å². The molecule has 0 heterocycles. The number of benzene rings is 3. The SMILES string of the molecule is O=C(N/N=C/C(=O)c1ccccc1)/C(=C/c1ccc([N+](=O)[O-])cc1)NC(=O)c1ccccc1. The van der Waals surface area contributed by atoms with Crippen LogP contribution >= 0.6 is 0 Å². The van der Waals surface area contributed by atoms with Gasteiger partial charge in [0.05, 0.1) is 11.1 Å². The third kappa shape index (κ3) is 6.53. The van der Waals surface area contributed by atoms with Gasteiger partial charge in [0.15, 0.2) is 0 Å². The van der Waals surface area contributed by atoms with Gasteiger partial charge in [-0.25, -0.2) is 5.43 Å². The lowest BCUT2D eigenvalue weighted by Gasteiger charge is -2.09. The summed E-state index contributed by atoms with van der Waals surface area (Å²) in [4.78, 5) is 47.6. The van der Waals surface area contributed by atoms with E-state index in [1.807, 2.05) is 0 Å². The fraction of sp³-hybridized carbons (Fsp3) is 0. The predicted octanol–water partition coefficient (Wildman–Crippen LogP) is 3.35. The predicted molar refractivity (Wildman–Crippen MR) is 122 cm³/mol. The highest BCUT2D eigenvalue weighted by atomic mass is 16.6. The number of hydrogen-bond donors (Lipinski definition) is 2. The van der Waals surface area contributed by atoms with E-state index in [2.05, 4.69) is 15.8 Å². The average molecular weight is 442 g/mol. The molecule has 164 valence electrons. The van der Waals surface area contributed by atoms with Crippen molar-refractivity contribution >= 4 is 35.6 Å². The zero-order valence-electron chi connectivity index (χ0n) is 17.2. The third-order valence-electron chi connectivity index (χ3n) is 4.35. The number of nitro benzene ring substituents is 1. The highest BCUT2D eigenvalue weighted by Crippen LogP contribution is 2.14. The number of ketones is 1. The van der Waals surface area contributed by atoms with Gasteiger partial charge in [0.2, 0.25) is 5.78 Å². The minimum absolute atomic E-state index is 0.115. The first kappa shape index (κ1) is 22.8. The molecule has 0 aromatic heterocycles. The van der Waals surface area contributed by atoms with Crippen molar-refractivity contribution in [2.75, 3.05) is 0 Å². The van der Waals surface area contributed by atoms with E-state index in [-0.39, 0.29) is 11.4 Å². The normalized spacial score (nSPS) is 11.1. The molecule has 3 rings (SSSR count). The van der Waals surface area contributed by atoms with Gasteiger partial charge in [0.1, 0.15) is 5.70 Å². The number of carbonyl (C=O) groups is 3. The fourth-order valence-corrected chi connectivity index (χ4v) is 2.69. The topological polar surface area (TPSA) is 131 Å². The second kappa shape index (κ2) is 10.9. The van der Waals surface area contributed by atoms with Crippen molar-refractivity contribution in [3.05, 3.63) is 117 Å². The number of carbonyl (C=O) groups excluding carboxylic acids is 3. The number of nitro groups is 1. The van der Waals surface area contributed by atoms with Crippen LogP contribution in [0.5, 0.6) is 0 Å². The minimum atomic E-state index is -0.783. The summed E-state index contributed by atoms with van der Waals surface area (Å²) in [6, 6.07) is 22.0. The molecule has 2 amide bonds. The molecule has 0 unspecified atom stereocenters. The fourth-order valence-electron chi connectivity index (χ4n) is 2.69. The van der Waals surface area contributed by atoms with Gasteiger partial charge in [-0.2, -0.15) is 5.10 Å². The first-order valence-electron chi connectivity index (χ1n) is 9.69. The summed E-state index contributed by atoms with van der Waals surface area (Å²) in [5, 5.41) is 17.0. The van der Waals surface area contributed by atoms with Crippen molar-refractivity contribution in [3.63, 3.8) is 0 Å². The Morgan fingerprint density at radius 1 is 0.818 bits per heavy atom. The van der Waals surface area contributed by atoms with E-state index in [1.54, 1.807) is 60.7 Å². The molecule has 0 bridgehead atoms. The van der Waals surface area contributed by atoms with Gasteiger partial charge in [-0.1, -0.05) is 48.5 Å². The highest BCUT2D eigenvalue weighted by Gasteiger charge is 2.15. The summed E-state index contributed by atoms with van der Waals surface area (Å²) in [7, 11) is 0. The zero-order chi connectivity index (χ0) is 23.6. The number of hydrogen-bond acceptors (Lipinski definition) is 6. The van der Waals surface area contributed by atoms with Crippen molar-refractivity contribution in [3.8, 4) is 0 Å². The molecule has 0 spiro atoms. The van der Waals surface area contributed by atoms with Crippen LogP contribution < -0.4 is 10.7 Å². The second-order valence-electron chi connectivity index (χ2n) is 6.66. The van der Waals surface area contributed by atoms with Gasteiger partial charge in [0, 0.05) is 23.3 Å². The number of Topliss-reactive ketones (excluding diaryl/α,β-unsaturated/α-hetero) is 1. The largest absolute Gasteiger partial charge is 0.317 e. The zero-order valence-corrected chi connectivity index (χ0v) is 17.2. The van der Waals surface area contributed by atoms with Crippen LogP contribution in [0.3, 0.4) is 0 Å². The lowest BCUT2D eigenvalue weighted by molar-refractivity contribution is -0.384. The number of amides is 2. The van der Waals surface area contributed by atoms with Gasteiger partial charge in [-0.3, -0.25) is 24.5 Å². The number of hydrazone groups is 1. The Bertz CT molecular complexity index is 1220. The van der Waals surface area contributed by atoms with Crippen LogP contribution in [0, 0.1) is 10.1 Å². The molecule has 9 nitrogen and oxygen atoms in total. The van der Waals surface area contributed by atoms with Crippen molar-refractivity contribution < 1.29 is 19.3 Å². The maximum absolute atomic E-state index is 12.7. The van der Waals surface area contributed by atoms with Gasteiger partial charge in [-0.05, 0) is 35.9 Å². The van der Waals surface area contributed by atoms with Crippen LogP contribution in [0.1, 0.15) is 26.3 Å². The van der Waals surface area contributed by atoms with Gasteiger partial charge >= 0.3 is 0 Å². The Labute approximate surface area is 188 Å². The Morgan fingerprint density at radius 2 is 1.39 bits per heavy atom. The summed E-state index contributed by atoms with van der Waals surface area (Å²) in [6.07, 6.45) is 2.30. The average Bonchev–Trinajstić information content (AvgIpc) is 2.84. The van der Waals surface area contributed by atoms with Crippen molar-refractivity contribution in [1.29, 1.82) is 0 Å². The molecule has 33 heavy (non-hydrogen) atoms. The van der Waals surface area contributed by atoms with E-state index in [0.29, 0.717) is 16.7 Å². The molecular weight excluding hydrogens is 424 g/mol. The Balaban J connectivity index is 1.80. The summed E-state index contributed by atoms with van der Waals surface area (Å²) in [6.45, 7) is 0. The maximum atomic E-state index is 12.7. The smallest absolute Gasteiger partial charge is 0.287 e. The van der Waals surface area contributed by atoms with Crippen LogP contribution in [0.4, 0.5) is 5.69 Å². The number of non-ortho nitro benzene ring substituents is 1. The minimum Gasteiger partial charge on any atom is -0.317 e. The molecule has 0 saturated carbocycles. The van der Waals surface area contributed by atoms with Gasteiger partial charge in [-0.15, -0.1) is 0 Å². The molecule has 3 aromatic rings. The summed E-state index contributed by atoms with van der Waals surface area (Å²) < 4.78 is 0. The maximum Gasteiger partial charge on any atom is 0.287 e. The molecule has 0 saturated heterocycles. The molecular formula is C24H18N4O5. The Kier molecular flexibility index (Phi) is 7.53. The molecule has 3 aromatic carbocycles. The van der Waals surface area contributed by atoms with Crippen molar-refractivity contribution in [1.82, 2.24) is 10.7 Å². The number of nitrogens with one attached hydrogen (secondary N) is 2. The van der Waals surface area contributed by atoms with Crippen LogP contribution in [-0.4, -0.2) is 28.7 Å². The second-order valence-corrected chi connectivity index (χ2v) is 6.66. The highest BCUT2D eigenvalue weighted by molar-refractivity contribution is 6.35. The van der Waals surface area contributed by atoms with E-state index in [1.165, 1.54) is 30.3 Å². The molecule has 0 aliphatic rings. The first-order chi connectivity index (χ1) is 15.9. The Morgan fingerprint density at radius 3 is 1.97 bits per heavy atom. The van der Waals surface area contributed by atoms with E-state index in [4.69, 9.17) is 0 Å². The van der Waals surface area contributed by atoms with E-state index in [0.717, 1.165) is 6.21 Å². The first-order valence-corrected chi connectivity index (χ1v) is 9.69. The Hall–Kier alpha value is -4.92. The number of nitrogens with zero attached hydrogens (tertiary/aromatic N) is 2.